The number of fused-ring (bicyclic) bond motifs is 1. The number of likely N-dealkylation sites (tertiary alicyclic amines) is 1. The van der Waals surface area contributed by atoms with Crippen LogP contribution in [0.2, 0.25) is 0 Å². The van der Waals surface area contributed by atoms with Crippen LogP contribution in [0.25, 0.3) is 5.65 Å². The van der Waals surface area contributed by atoms with Gasteiger partial charge in [0.2, 0.25) is 5.91 Å². The van der Waals surface area contributed by atoms with Gasteiger partial charge in [-0.05, 0) is 60.0 Å². The summed E-state index contributed by atoms with van der Waals surface area (Å²) in [6.45, 7) is 3.10. The smallest absolute Gasteiger partial charge is 0.247 e. The van der Waals surface area contributed by atoms with Crippen LogP contribution in [0.5, 0.6) is 5.75 Å². The molecule has 4 heterocycles. The second-order valence-electron chi connectivity index (χ2n) is 8.35. The Morgan fingerprint density at radius 2 is 2.09 bits per heavy atom. The predicted molar refractivity (Wildman–Crippen MR) is 120 cm³/mol. The Balaban J connectivity index is 1.41. The fourth-order valence-electron chi connectivity index (χ4n) is 4.56. The van der Waals surface area contributed by atoms with Crippen molar-refractivity contribution in [3.63, 3.8) is 0 Å². The minimum atomic E-state index is -0.541. The number of pyridine rings is 1. The van der Waals surface area contributed by atoms with Gasteiger partial charge in [0, 0.05) is 31.6 Å². The van der Waals surface area contributed by atoms with E-state index >= 15 is 0 Å². The normalized spacial score (nSPS) is 17.3. The highest BCUT2D eigenvalue weighted by Gasteiger charge is 2.33. The third-order valence-electron chi connectivity index (χ3n) is 6.24. The van der Waals surface area contributed by atoms with Crippen molar-refractivity contribution in [3.05, 3.63) is 65.9 Å². The molecule has 1 saturated heterocycles. The lowest BCUT2D eigenvalue weighted by Gasteiger charge is -2.34. The Bertz CT molecular complexity index is 1270. The number of hydrogen-bond acceptors (Lipinski definition) is 7. The number of methoxy groups -OCH3 is 1. The molecular weight excluding hydrogens is 420 g/mol. The van der Waals surface area contributed by atoms with Crippen LogP contribution in [-0.2, 0) is 11.2 Å². The molecule has 0 N–H and O–H groups in total. The van der Waals surface area contributed by atoms with Crippen LogP contribution in [0.4, 0.5) is 0 Å². The number of carbonyl (C=O) groups excluding carboxylic acids is 1. The third kappa shape index (κ3) is 4.15. The molecule has 0 unspecified atom stereocenters. The van der Waals surface area contributed by atoms with Gasteiger partial charge in [0.15, 0.2) is 5.65 Å². The van der Waals surface area contributed by atoms with E-state index in [1.807, 2.05) is 64.9 Å². The number of carbonyl (C=O) groups is 1. The summed E-state index contributed by atoms with van der Waals surface area (Å²) in [4.78, 5) is 15.7. The summed E-state index contributed by atoms with van der Waals surface area (Å²) in [5.74, 6) is 2.38. The van der Waals surface area contributed by atoms with Crippen molar-refractivity contribution in [2.75, 3.05) is 20.2 Å². The van der Waals surface area contributed by atoms with Crippen molar-refractivity contribution in [2.24, 2.45) is 0 Å². The SMILES string of the molecule is COc1cccc(C[C@@H](C(=O)N2CCC[C@H](c3nnc4ccccn34)C2)n2nnnc2C)c1. The Labute approximate surface area is 191 Å². The average molecular weight is 447 g/mol. The Morgan fingerprint density at radius 1 is 1.18 bits per heavy atom. The molecule has 33 heavy (non-hydrogen) atoms. The molecule has 0 bridgehead atoms. The lowest BCUT2D eigenvalue weighted by atomic mass is 9.95. The zero-order valence-corrected chi connectivity index (χ0v) is 18.7. The number of tetrazole rings is 1. The van der Waals surface area contributed by atoms with Gasteiger partial charge in [-0.15, -0.1) is 15.3 Å². The summed E-state index contributed by atoms with van der Waals surface area (Å²) in [5.41, 5.74) is 1.80. The largest absolute Gasteiger partial charge is 0.497 e. The quantitative estimate of drug-likeness (QED) is 0.447. The van der Waals surface area contributed by atoms with E-state index in [1.54, 1.807) is 11.8 Å². The van der Waals surface area contributed by atoms with E-state index in [9.17, 15) is 4.79 Å². The van der Waals surface area contributed by atoms with E-state index in [-0.39, 0.29) is 11.8 Å². The summed E-state index contributed by atoms with van der Waals surface area (Å²) in [6, 6.07) is 13.1. The molecule has 1 fully saturated rings. The predicted octanol–water partition coefficient (Wildman–Crippen LogP) is 2.22. The maximum atomic E-state index is 13.8. The Kier molecular flexibility index (Phi) is 5.72. The molecule has 3 aromatic heterocycles. The minimum absolute atomic E-state index is 0.00624. The molecule has 2 atom stereocenters. The lowest BCUT2D eigenvalue weighted by molar-refractivity contribution is -0.136. The standard InChI is InChI=1S/C23H26N8O2/c1-16-24-27-28-31(16)20(14-17-7-5-9-19(13-17)33-2)23(32)29-11-6-8-18(15-29)22-26-25-21-10-3-4-12-30(21)22/h3-5,7,9-10,12-13,18,20H,6,8,11,14-15H2,1-2H3/t18-,20-/m0/s1. The van der Waals surface area contributed by atoms with Gasteiger partial charge in [0.05, 0.1) is 7.11 Å². The van der Waals surface area contributed by atoms with Crippen LogP contribution in [0.15, 0.2) is 48.7 Å². The molecule has 0 aliphatic carbocycles. The first-order valence-electron chi connectivity index (χ1n) is 11.1. The highest BCUT2D eigenvalue weighted by molar-refractivity contribution is 5.81. The fourth-order valence-corrected chi connectivity index (χ4v) is 4.56. The van der Waals surface area contributed by atoms with E-state index in [1.165, 1.54) is 0 Å². The van der Waals surface area contributed by atoms with Gasteiger partial charge in [-0.2, -0.15) is 0 Å². The summed E-state index contributed by atoms with van der Waals surface area (Å²) in [7, 11) is 1.63. The van der Waals surface area contributed by atoms with Crippen LogP contribution < -0.4 is 4.74 Å². The fraction of sp³-hybridized carbons (Fsp3) is 0.391. The van der Waals surface area contributed by atoms with Gasteiger partial charge in [0.25, 0.3) is 0 Å². The molecule has 0 radical (unpaired) electrons. The third-order valence-corrected chi connectivity index (χ3v) is 6.24. The first-order valence-corrected chi connectivity index (χ1v) is 11.1. The van der Waals surface area contributed by atoms with E-state index in [0.717, 1.165) is 35.6 Å². The molecule has 170 valence electrons. The average Bonchev–Trinajstić information content (AvgIpc) is 3.48. The topological polar surface area (TPSA) is 103 Å². The molecule has 1 aliphatic heterocycles. The van der Waals surface area contributed by atoms with Gasteiger partial charge in [-0.25, -0.2) is 4.68 Å². The number of nitrogens with zero attached hydrogens (tertiary/aromatic N) is 8. The van der Waals surface area contributed by atoms with E-state index in [0.29, 0.717) is 25.3 Å². The second-order valence-corrected chi connectivity index (χ2v) is 8.35. The van der Waals surface area contributed by atoms with Gasteiger partial charge >= 0.3 is 0 Å². The molecule has 1 amide bonds. The molecule has 0 saturated carbocycles. The first kappa shape index (κ1) is 21.0. The number of rotatable bonds is 6. The molecule has 0 spiro atoms. The van der Waals surface area contributed by atoms with E-state index in [2.05, 4.69) is 25.7 Å². The molecular formula is C23H26N8O2. The Hall–Kier alpha value is -3.82. The molecule has 10 heteroatoms. The van der Waals surface area contributed by atoms with Crippen molar-refractivity contribution >= 4 is 11.6 Å². The minimum Gasteiger partial charge on any atom is -0.497 e. The summed E-state index contributed by atoms with van der Waals surface area (Å²) >= 11 is 0. The Morgan fingerprint density at radius 3 is 2.91 bits per heavy atom. The molecule has 1 aromatic carbocycles. The zero-order chi connectivity index (χ0) is 22.8. The summed E-state index contributed by atoms with van der Waals surface area (Å²) in [6.07, 6.45) is 4.31. The number of aryl methyl sites for hydroxylation is 1. The summed E-state index contributed by atoms with van der Waals surface area (Å²) < 4.78 is 9.00. The van der Waals surface area contributed by atoms with Crippen molar-refractivity contribution in [3.8, 4) is 5.75 Å². The van der Waals surface area contributed by atoms with Gasteiger partial charge in [-0.1, -0.05) is 18.2 Å². The van der Waals surface area contributed by atoms with Crippen molar-refractivity contribution in [1.29, 1.82) is 0 Å². The maximum absolute atomic E-state index is 13.8. The van der Waals surface area contributed by atoms with Gasteiger partial charge in [-0.3, -0.25) is 9.20 Å². The number of piperidine rings is 1. The first-order chi connectivity index (χ1) is 16.1. The van der Waals surface area contributed by atoms with Crippen LogP contribution in [-0.4, -0.2) is 65.8 Å². The van der Waals surface area contributed by atoms with Crippen LogP contribution >= 0.6 is 0 Å². The number of amides is 1. The van der Waals surface area contributed by atoms with E-state index in [4.69, 9.17) is 4.74 Å². The number of hydrogen-bond donors (Lipinski definition) is 0. The van der Waals surface area contributed by atoms with E-state index < -0.39 is 6.04 Å². The van der Waals surface area contributed by atoms with Gasteiger partial charge in [0.1, 0.15) is 23.4 Å². The molecule has 10 nitrogen and oxygen atoms in total. The number of aromatic nitrogens is 7. The van der Waals surface area contributed by atoms with Crippen molar-refractivity contribution in [2.45, 2.75) is 38.1 Å². The van der Waals surface area contributed by atoms with Crippen molar-refractivity contribution in [1.82, 2.24) is 39.7 Å². The van der Waals surface area contributed by atoms with Crippen LogP contribution in [0, 0.1) is 6.92 Å². The summed E-state index contributed by atoms with van der Waals surface area (Å²) in [5, 5.41) is 20.6. The maximum Gasteiger partial charge on any atom is 0.247 e. The van der Waals surface area contributed by atoms with Crippen LogP contribution in [0.3, 0.4) is 0 Å². The van der Waals surface area contributed by atoms with Gasteiger partial charge < -0.3 is 9.64 Å². The number of benzene rings is 1. The zero-order valence-electron chi connectivity index (χ0n) is 18.7. The van der Waals surface area contributed by atoms with Crippen molar-refractivity contribution < 1.29 is 9.53 Å². The highest BCUT2D eigenvalue weighted by Crippen LogP contribution is 2.29. The molecule has 4 aromatic rings. The number of ether oxygens (including phenoxy) is 1. The van der Waals surface area contributed by atoms with Crippen LogP contribution in [0.1, 0.15) is 42.0 Å². The molecule has 5 rings (SSSR count). The second kappa shape index (κ2) is 8.97. The lowest BCUT2D eigenvalue weighted by Crippen LogP contribution is -2.44. The monoisotopic (exact) mass is 446 g/mol. The highest BCUT2D eigenvalue weighted by atomic mass is 16.5. The molecule has 1 aliphatic rings.